The maximum absolute atomic E-state index is 14.5. The molecular formula is C12H12F3NO. The molecule has 0 aromatic heterocycles. The van der Waals surface area contributed by atoms with Crippen molar-refractivity contribution in [3.8, 4) is 0 Å². The second-order valence-electron chi connectivity index (χ2n) is 4.31. The first-order valence-electron chi connectivity index (χ1n) is 5.32. The van der Waals surface area contributed by atoms with Crippen LogP contribution in [0.25, 0.3) is 0 Å². The SMILES string of the molecule is CC(=O)N1CCC(F)(c2cc(F)cc(F)c2)C1. The summed E-state index contributed by atoms with van der Waals surface area (Å²) >= 11 is 0. The summed E-state index contributed by atoms with van der Waals surface area (Å²) in [6, 6.07) is 2.66. The van der Waals surface area contributed by atoms with Gasteiger partial charge in [-0.05, 0) is 17.7 Å². The topological polar surface area (TPSA) is 20.3 Å². The Kier molecular flexibility index (Phi) is 2.85. The van der Waals surface area contributed by atoms with Crippen molar-refractivity contribution in [2.24, 2.45) is 0 Å². The van der Waals surface area contributed by atoms with Crippen LogP contribution in [0.2, 0.25) is 0 Å². The number of nitrogens with zero attached hydrogens (tertiary/aromatic N) is 1. The average Bonchev–Trinajstić information content (AvgIpc) is 2.61. The van der Waals surface area contributed by atoms with E-state index in [-0.39, 0.29) is 31.0 Å². The molecule has 17 heavy (non-hydrogen) atoms. The molecule has 1 aliphatic rings. The minimum absolute atomic E-state index is 0.0428. The number of carbonyl (C=O) groups excluding carboxylic acids is 1. The smallest absolute Gasteiger partial charge is 0.219 e. The summed E-state index contributed by atoms with van der Waals surface area (Å²) in [7, 11) is 0. The molecule has 0 N–H and O–H groups in total. The van der Waals surface area contributed by atoms with Crippen molar-refractivity contribution in [3.63, 3.8) is 0 Å². The van der Waals surface area contributed by atoms with E-state index in [1.807, 2.05) is 0 Å². The third-order valence-electron chi connectivity index (χ3n) is 3.04. The molecule has 0 spiro atoms. The fourth-order valence-corrected chi connectivity index (χ4v) is 2.09. The average molecular weight is 243 g/mol. The van der Waals surface area contributed by atoms with E-state index in [0.717, 1.165) is 12.1 Å². The number of rotatable bonds is 1. The van der Waals surface area contributed by atoms with Gasteiger partial charge in [-0.15, -0.1) is 0 Å². The minimum Gasteiger partial charge on any atom is -0.339 e. The zero-order valence-electron chi connectivity index (χ0n) is 9.34. The normalized spacial score (nSPS) is 24.1. The van der Waals surface area contributed by atoms with Crippen LogP contribution in [0.4, 0.5) is 13.2 Å². The number of benzene rings is 1. The van der Waals surface area contributed by atoms with Gasteiger partial charge in [-0.3, -0.25) is 4.79 Å². The third kappa shape index (κ3) is 2.28. The van der Waals surface area contributed by atoms with Crippen LogP contribution in [0.1, 0.15) is 18.9 Å². The van der Waals surface area contributed by atoms with Gasteiger partial charge in [-0.25, -0.2) is 13.2 Å². The van der Waals surface area contributed by atoms with Crippen LogP contribution in [-0.2, 0) is 10.5 Å². The summed E-state index contributed by atoms with van der Waals surface area (Å²) in [5, 5.41) is 0. The van der Waals surface area contributed by atoms with Crippen LogP contribution < -0.4 is 0 Å². The Labute approximate surface area is 97.0 Å². The highest BCUT2D eigenvalue weighted by atomic mass is 19.1. The van der Waals surface area contributed by atoms with Crippen LogP contribution in [0.3, 0.4) is 0 Å². The first-order valence-corrected chi connectivity index (χ1v) is 5.32. The van der Waals surface area contributed by atoms with E-state index in [1.165, 1.54) is 11.8 Å². The van der Waals surface area contributed by atoms with E-state index in [2.05, 4.69) is 0 Å². The van der Waals surface area contributed by atoms with E-state index in [4.69, 9.17) is 0 Å². The van der Waals surface area contributed by atoms with Crippen molar-refractivity contribution in [2.45, 2.75) is 19.0 Å². The molecule has 1 aromatic carbocycles. The Hall–Kier alpha value is -1.52. The number of likely N-dealkylation sites (tertiary alicyclic amines) is 1. The standard InChI is InChI=1S/C12H12F3NO/c1-8(17)16-3-2-12(15,7-16)9-4-10(13)6-11(14)5-9/h4-6H,2-3,7H2,1H3. The highest BCUT2D eigenvalue weighted by molar-refractivity contribution is 5.73. The summed E-state index contributed by atoms with van der Waals surface area (Å²) in [6.45, 7) is 1.47. The van der Waals surface area contributed by atoms with E-state index >= 15 is 0 Å². The van der Waals surface area contributed by atoms with Gasteiger partial charge < -0.3 is 4.90 Å². The number of amides is 1. The molecule has 0 bridgehead atoms. The van der Waals surface area contributed by atoms with Gasteiger partial charge in [-0.1, -0.05) is 0 Å². The fourth-order valence-electron chi connectivity index (χ4n) is 2.09. The Bertz CT molecular complexity index is 443. The summed E-state index contributed by atoms with van der Waals surface area (Å²) in [5.74, 6) is -1.85. The zero-order chi connectivity index (χ0) is 12.6. The molecule has 1 saturated heterocycles. The van der Waals surface area contributed by atoms with Crippen LogP contribution in [0.5, 0.6) is 0 Å². The number of hydrogen-bond acceptors (Lipinski definition) is 1. The van der Waals surface area contributed by atoms with Crippen LogP contribution >= 0.6 is 0 Å². The molecular weight excluding hydrogens is 231 g/mol. The molecule has 0 aliphatic carbocycles. The van der Waals surface area contributed by atoms with Crippen molar-refractivity contribution in [2.75, 3.05) is 13.1 Å². The maximum Gasteiger partial charge on any atom is 0.219 e. The van der Waals surface area contributed by atoms with Crippen molar-refractivity contribution < 1.29 is 18.0 Å². The van der Waals surface area contributed by atoms with Gasteiger partial charge in [0.05, 0.1) is 6.54 Å². The highest BCUT2D eigenvalue weighted by Crippen LogP contribution is 2.36. The van der Waals surface area contributed by atoms with Crippen LogP contribution in [0.15, 0.2) is 18.2 Å². The van der Waals surface area contributed by atoms with Gasteiger partial charge >= 0.3 is 0 Å². The zero-order valence-corrected chi connectivity index (χ0v) is 9.34. The fraction of sp³-hybridized carbons (Fsp3) is 0.417. The molecule has 1 atom stereocenters. The Balaban J connectivity index is 2.30. The number of alkyl halides is 1. The van der Waals surface area contributed by atoms with Crippen molar-refractivity contribution >= 4 is 5.91 Å². The lowest BCUT2D eigenvalue weighted by Crippen LogP contribution is -2.30. The second kappa shape index (κ2) is 4.05. The lowest BCUT2D eigenvalue weighted by Gasteiger charge is -2.20. The molecule has 0 radical (unpaired) electrons. The molecule has 1 aliphatic heterocycles. The predicted octanol–water partition coefficient (Wildman–Crippen LogP) is 2.38. The largest absolute Gasteiger partial charge is 0.339 e. The molecule has 1 aromatic rings. The predicted molar refractivity (Wildman–Crippen MR) is 56.0 cm³/mol. The Morgan fingerprint density at radius 3 is 2.35 bits per heavy atom. The van der Waals surface area contributed by atoms with Gasteiger partial charge in [0.2, 0.25) is 5.91 Å². The molecule has 2 rings (SSSR count). The quantitative estimate of drug-likeness (QED) is 0.741. The summed E-state index contributed by atoms with van der Waals surface area (Å²) < 4.78 is 40.5. The molecule has 1 amide bonds. The molecule has 92 valence electrons. The van der Waals surface area contributed by atoms with E-state index in [1.54, 1.807) is 0 Å². The lowest BCUT2D eigenvalue weighted by molar-refractivity contribution is -0.128. The van der Waals surface area contributed by atoms with Crippen LogP contribution in [-0.4, -0.2) is 23.9 Å². The maximum atomic E-state index is 14.5. The monoisotopic (exact) mass is 243 g/mol. The van der Waals surface area contributed by atoms with Gasteiger partial charge in [0.1, 0.15) is 11.6 Å². The van der Waals surface area contributed by atoms with Gasteiger partial charge in [-0.2, -0.15) is 0 Å². The Morgan fingerprint density at radius 1 is 1.29 bits per heavy atom. The molecule has 2 nitrogen and oxygen atoms in total. The van der Waals surface area contributed by atoms with E-state index in [9.17, 15) is 18.0 Å². The molecule has 1 fully saturated rings. The molecule has 1 unspecified atom stereocenters. The van der Waals surface area contributed by atoms with Gasteiger partial charge in [0.25, 0.3) is 0 Å². The third-order valence-corrected chi connectivity index (χ3v) is 3.04. The summed E-state index contributed by atoms with van der Waals surface area (Å²) in [6.07, 6.45) is 0.0650. The molecule has 1 heterocycles. The number of halogens is 3. The van der Waals surface area contributed by atoms with Gasteiger partial charge in [0, 0.05) is 26.0 Å². The lowest BCUT2D eigenvalue weighted by atomic mass is 9.95. The highest BCUT2D eigenvalue weighted by Gasteiger charge is 2.41. The first kappa shape index (κ1) is 12.0. The summed E-state index contributed by atoms with van der Waals surface area (Å²) in [4.78, 5) is 12.4. The molecule has 5 heteroatoms. The second-order valence-corrected chi connectivity index (χ2v) is 4.31. The van der Waals surface area contributed by atoms with Crippen LogP contribution in [0, 0.1) is 11.6 Å². The number of carbonyl (C=O) groups is 1. The Morgan fingerprint density at radius 2 is 1.88 bits per heavy atom. The first-order chi connectivity index (χ1) is 7.90. The van der Waals surface area contributed by atoms with Gasteiger partial charge in [0.15, 0.2) is 5.67 Å². The van der Waals surface area contributed by atoms with Crippen molar-refractivity contribution in [1.82, 2.24) is 4.90 Å². The van der Waals surface area contributed by atoms with E-state index < -0.39 is 17.3 Å². The van der Waals surface area contributed by atoms with Crippen molar-refractivity contribution in [3.05, 3.63) is 35.4 Å². The van der Waals surface area contributed by atoms with Crippen molar-refractivity contribution in [1.29, 1.82) is 0 Å². The molecule has 0 saturated carbocycles. The number of hydrogen-bond donors (Lipinski definition) is 0. The van der Waals surface area contributed by atoms with E-state index in [0.29, 0.717) is 6.07 Å². The summed E-state index contributed by atoms with van der Waals surface area (Å²) in [5.41, 5.74) is -1.90. The minimum atomic E-state index is -1.85.